The minimum absolute atomic E-state index is 0.322. The molecule has 0 aliphatic carbocycles. The average molecular weight is 419 g/mol. The lowest BCUT2D eigenvalue weighted by molar-refractivity contribution is -0.112. The maximum absolute atomic E-state index is 12.4. The number of furan rings is 1. The highest BCUT2D eigenvalue weighted by atomic mass is 79.9. The molecule has 1 amide bonds. The molecule has 2 aromatic heterocycles. The van der Waals surface area contributed by atoms with Crippen LogP contribution in [0, 0.1) is 11.3 Å². The molecule has 0 bridgehead atoms. The first kappa shape index (κ1) is 17.0. The number of hydrogen-bond donors (Lipinski definition) is 3. The SMILES string of the molecule is C/C(O)=C(\C#N)C(=O)Nc1c(-c2csc(N)n2)oc2ccc(Br)cc12. The van der Waals surface area contributed by atoms with E-state index in [0.29, 0.717) is 33.2 Å². The van der Waals surface area contributed by atoms with E-state index in [-0.39, 0.29) is 11.3 Å². The van der Waals surface area contributed by atoms with Crippen molar-refractivity contribution < 1.29 is 14.3 Å². The summed E-state index contributed by atoms with van der Waals surface area (Å²) in [5.74, 6) is -0.787. The third-order valence-corrected chi connectivity index (χ3v) is 4.51. The molecule has 126 valence electrons. The molecule has 3 rings (SSSR count). The highest BCUT2D eigenvalue weighted by Gasteiger charge is 2.22. The van der Waals surface area contributed by atoms with Crippen LogP contribution in [0.25, 0.3) is 22.4 Å². The van der Waals surface area contributed by atoms with Gasteiger partial charge >= 0.3 is 0 Å². The molecule has 7 nitrogen and oxygen atoms in total. The van der Waals surface area contributed by atoms with Crippen LogP contribution in [0.3, 0.4) is 0 Å². The summed E-state index contributed by atoms with van der Waals surface area (Å²) in [4.78, 5) is 16.5. The van der Waals surface area contributed by atoms with Crippen LogP contribution in [-0.4, -0.2) is 16.0 Å². The Balaban J connectivity index is 2.18. The van der Waals surface area contributed by atoms with E-state index in [1.165, 1.54) is 18.3 Å². The number of thiazole rings is 1. The molecule has 9 heteroatoms. The number of allylic oxidation sites excluding steroid dienone is 1. The molecule has 0 aliphatic rings. The number of fused-ring (bicyclic) bond motifs is 1. The second-order valence-corrected chi connectivity index (χ2v) is 6.85. The minimum Gasteiger partial charge on any atom is -0.511 e. The topological polar surface area (TPSA) is 125 Å². The van der Waals surface area contributed by atoms with Crippen LogP contribution in [-0.2, 0) is 4.79 Å². The average Bonchev–Trinajstić information content (AvgIpc) is 3.12. The normalized spacial score (nSPS) is 11.9. The smallest absolute Gasteiger partial charge is 0.269 e. The van der Waals surface area contributed by atoms with Crippen molar-refractivity contribution in [3.8, 4) is 17.5 Å². The fourth-order valence-corrected chi connectivity index (χ4v) is 3.14. The molecule has 0 fully saturated rings. The molecule has 0 aliphatic heterocycles. The quantitative estimate of drug-likeness (QED) is 0.332. The number of benzene rings is 1. The zero-order valence-corrected chi connectivity index (χ0v) is 15.2. The third kappa shape index (κ3) is 3.22. The number of nitriles is 1. The molecular weight excluding hydrogens is 408 g/mol. The van der Waals surface area contributed by atoms with Crippen molar-refractivity contribution in [1.82, 2.24) is 4.98 Å². The van der Waals surface area contributed by atoms with Crippen molar-refractivity contribution in [1.29, 1.82) is 5.26 Å². The molecule has 0 radical (unpaired) electrons. The first-order valence-electron chi connectivity index (χ1n) is 6.95. The molecule has 2 heterocycles. The van der Waals surface area contributed by atoms with Crippen LogP contribution in [0.15, 0.2) is 43.8 Å². The Kier molecular flexibility index (Phi) is 4.48. The predicted octanol–water partition coefficient (Wildman–Crippen LogP) is 4.20. The predicted molar refractivity (Wildman–Crippen MR) is 99.0 cm³/mol. The lowest BCUT2D eigenvalue weighted by atomic mass is 10.1. The molecule has 1 aromatic carbocycles. The minimum atomic E-state index is -0.741. The van der Waals surface area contributed by atoms with Gasteiger partial charge in [0.25, 0.3) is 5.91 Å². The molecule has 4 N–H and O–H groups in total. The number of nitrogens with two attached hydrogens (primary N) is 1. The van der Waals surface area contributed by atoms with Crippen molar-refractivity contribution in [2.24, 2.45) is 0 Å². The molecule has 0 atom stereocenters. The number of aliphatic hydroxyl groups excluding tert-OH is 1. The zero-order chi connectivity index (χ0) is 18.1. The Morgan fingerprint density at radius 1 is 1.52 bits per heavy atom. The first-order chi connectivity index (χ1) is 11.9. The number of anilines is 2. The number of carbonyl (C=O) groups is 1. The second kappa shape index (κ2) is 6.58. The van der Waals surface area contributed by atoms with Gasteiger partial charge in [0.05, 0.1) is 5.69 Å². The summed E-state index contributed by atoms with van der Waals surface area (Å²) in [7, 11) is 0. The summed E-state index contributed by atoms with van der Waals surface area (Å²) in [6.45, 7) is 1.27. The largest absolute Gasteiger partial charge is 0.511 e. The van der Waals surface area contributed by atoms with Gasteiger partial charge in [0.2, 0.25) is 0 Å². The van der Waals surface area contributed by atoms with E-state index in [0.717, 1.165) is 4.47 Å². The van der Waals surface area contributed by atoms with Gasteiger partial charge in [-0.1, -0.05) is 15.9 Å². The van der Waals surface area contributed by atoms with Crippen LogP contribution in [0.5, 0.6) is 0 Å². The molecule has 0 saturated carbocycles. The Labute approximate surface area is 154 Å². The lowest BCUT2D eigenvalue weighted by Gasteiger charge is -2.05. The van der Waals surface area contributed by atoms with E-state index in [4.69, 9.17) is 15.4 Å². The number of halogens is 1. The number of aliphatic hydroxyl groups is 1. The van der Waals surface area contributed by atoms with E-state index in [2.05, 4.69) is 26.2 Å². The van der Waals surface area contributed by atoms with E-state index >= 15 is 0 Å². The lowest BCUT2D eigenvalue weighted by Crippen LogP contribution is -2.15. The summed E-state index contributed by atoms with van der Waals surface area (Å²) < 4.78 is 6.61. The van der Waals surface area contributed by atoms with E-state index in [1.54, 1.807) is 29.6 Å². The van der Waals surface area contributed by atoms with Gasteiger partial charge in [0, 0.05) is 15.2 Å². The number of nitrogens with zero attached hydrogens (tertiary/aromatic N) is 2. The maximum atomic E-state index is 12.4. The van der Waals surface area contributed by atoms with Crippen LogP contribution in [0.4, 0.5) is 10.8 Å². The second-order valence-electron chi connectivity index (χ2n) is 5.04. The number of nitrogen functional groups attached to an aromatic ring is 1. The summed E-state index contributed by atoms with van der Waals surface area (Å²) in [6.07, 6.45) is 0. The fraction of sp³-hybridized carbons (Fsp3) is 0.0625. The highest BCUT2D eigenvalue weighted by molar-refractivity contribution is 9.10. The van der Waals surface area contributed by atoms with Crippen molar-refractivity contribution in [2.75, 3.05) is 11.1 Å². The molecule has 3 aromatic rings. The zero-order valence-electron chi connectivity index (χ0n) is 12.8. The summed E-state index contributed by atoms with van der Waals surface area (Å²) in [5, 5.41) is 23.9. The van der Waals surface area contributed by atoms with E-state index in [9.17, 15) is 9.90 Å². The van der Waals surface area contributed by atoms with Crippen molar-refractivity contribution >= 4 is 55.0 Å². The van der Waals surface area contributed by atoms with E-state index in [1.807, 2.05) is 0 Å². The molecule has 0 unspecified atom stereocenters. The number of rotatable bonds is 3. The van der Waals surface area contributed by atoms with Crippen LogP contribution in [0.1, 0.15) is 6.92 Å². The Morgan fingerprint density at radius 2 is 2.28 bits per heavy atom. The number of amides is 1. The standard InChI is InChI=1S/C16H11BrN4O3S/c1-7(22)10(5-18)15(23)21-13-9-4-8(17)2-3-12(9)24-14(13)11-6-25-16(19)20-11/h2-4,6,22H,1H3,(H2,19,20)(H,21,23)/b10-7-. The van der Waals surface area contributed by atoms with Gasteiger partial charge in [0.15, 0.2) is 16.5 Å². The van der Waals surface area contributed by atoms with Gasteiger partial charge in [0.1, 0.15) is 23.1 Å². The summed E-state index contributed by atoms with van der Waals surface area (Å²) in [5.41, 5.74) is 6.65. The number of hydrogen-bond acceptors (Lipinski definition) is 7. The first-order valence-corrected chi connectivity index (χ1v) is 8.62. The van der Waals surface area contributed by atoms with E-state index < -0.39 is 5.91 Å². The Hall–Kier alpha value is -2.83. The highest BCUT2D eigenvalue weighted by Crippen LogP contribution is 2.40. The van der Waals surface area contributed by atoms with Gasteiger partial charge in [-0.2, -0.15) is 5.26 Å². The molecule has 0 saturated heterocycles. The number of nitrogens with one attached hydrogen (secondary N) is 1. The van der Waals surface area contributed by atoms with Gasteiger partial charge in [-0.3, -0.25) is 4.79 Å². The Morgan fingerprint density at radius 3 is 2.88 bits per heavy atom. The van der Waals surface area contributed by atoms with Crippen molar-refractivity contribution in [2.45, 2.75) is 6.92 Å². The summed E-state index contributed by atoms with van der Waals surface area (Å²) >= 11 is 4.62. The van der Waals surface area contributed by atoms with Crippen LogP contribution >= 0.6 is 27.3 Å². The van der Waals surface area contributed by atoms with Gasteiger partial charge in [-0.25, -0.2) is 4.98 Å². The molecule has 25 heavy (non-hydrogen) atoms. The fourth-order valence-electron chi connectivity index (χ4n) is 2.24. The molecular formula is C16H11BrN4O3S. The van der Waals surface area contributed by atoms with Crippen LogP contribution in [0.2, 0.25) is 0 Å². The third-order valence-electron chi connectivity index (χ3n) is 3.34. The van der Waals surface area contributed by atoms with Crippen molar-refractivity contribution in [3.05, 3.63) is 39.4 Å². The van der Waals surface area contributed by atoms with Gasteiger partial charge in [-0.05, 0) is 25.1 Å². The summed E-state index contributed by atoms with van der Waals surface area (Å²) in [6, 6.07) is 7.00. The molecule has 0 spiro atoms. The monoisotopic (exact) mass is 418 g/mol. The maximum Gasteiger partial charge on any atom is 0.269 e. The number of carbonyl (C=O) groups excluding carboxylic acids is 1. The number of aromatic nitrogens is 1. The Bertz CT molecular complexity index is 1060. The van der Waals surface area contributed by atoms with Crippen LogP contribution < -0.4 is 11.1 Å². The van der Waals surface area contributed by atoms with Gasteiger partial charge in [-0.15, -0.1) is 11.3 Å². The van der Waals surface area contributed by atoms with Gasteiger partial charge < -0.3 is 20.6 Å². The van der Waals surface area contributed by atoms with Crippen molar-refractivity contribution in [3.63, 3.8) is 0 Å².